The van der Waals surface area contributed by atoms with Gasteiger partial charge in [0.05, 0.1) is 24.2 Å². The molecule has 1 rings (SSSR count). The van der Waals surface area contributed by atoms with Crippen LogP contribution in [-0.2, 0) is 0 Å². The van der Waals surface area contributed by atoms with E-state index in [1.807, 2.05) is 0 Å². The molecule has 1 aromatic rings. The highest BCUT2D eigenvalue weighted by molar-refractivity contribution is 6.17. The van der Waals surface area contributed by atoms with E-state index in [-0.39, 0.29) is 29.3 Å². The summed E-state index contributed by atoms with van der Waals surface area (Å²) in [5, 5.41) is 30.2. The van der Waals surface area contributed by atoms with Gasteiger partial charge in [-0.1, -0.05) is 0 Å². The maximum absolute atomic E-state index is 10.7. The predicted octanol–water partition coefficient (Wildman–Crippen LogP) is 1.63. The Bertz CT molecular complexity index is 426. The molecule has 100 valence electrons. The molecule has 0 fully saturated rings. The van der Waals surface area contributed by atoms with Gasteiger partial charge < -0.3 is 14.9 Å². The van der Waals surface area contributed by atoms with Gasteiger partial charge in [0.1, 0.15) is 11.9 Å². The smallest absolute Gasteiger partial charge is 0.273 e. The highest BCUT2D eigenvalue weighted by atomic mass is 35.5. The van der Waals surface area contributed by atoms with Crippen molar-refractivity contribution in [3.63, 3.8) is 0 Å². The SMILES string of the molecule is COc1cc(C(O)C(O)CCCl)cc([N+](=O)[O-])c1. The lowest BCUT2D eigenvalue weighted by Crippen LogP contribution is -2.18. The summed E-state index contributed by atoms with van der Waals surface area (Å²) in [7, 11) is 1.37. The van der Waals surface area contributed by atoms with Crippen LogP contribution in [0.3, 0.4) is 0 Å². The van der Waals surface area contributed by atoms with Crippen molar-refractivity contribution in [2.45, 2.75) is 18.6 Å². The average Bonchev–Trinajstić information content (AvgIpc) is 2.37. The number of non-ortho nitro benzene ring substituents is 1. The van der Waals surface area contributed by atoms with Crippen LogP contribution < -0.4 is 4.74 Å². The molecule has 0 aliphatic rings. The number of hydrogen-bond donors (Lipinski definition) is 2. The van der Waals surface area contributed by atoms with E-state index in [0.717, 1.165) is 0 Å². The fourth-order valence-corrected chi connectivity index (χ4v) is 1.72. The van der Waals surface area contributed by atoms with Crippen molar-refractivity contribution in [1.82, 2.24) is 0 Å². The molecule has 0 aliphatic heterocycles. The summed E-state index contributed by atoms with van der Waals surface area (Å²) < 4.78 is 4.91. The minimum absolute atomic E-state index is 0.185. The number of rotatable bonds is 6. The van der Waals surface area contributed by atoms with Crippen molar-refractivity contribution in [1.29, 1.82) is 0 Å². The lowest BCUT2D eigenvalue weighted by Gasteiger charge is -2.17. The summed E-state index contributed by atoms with van der Waals surface area (Å²) in [6.07, 6.45) is -2.12. The third-order valence-electron chi connectivity index (χ3n) is 2.47. The topological polar surface area (TPSA) is 92.8 Å². The van der Waals surface area contributed by atoms with Gasteiger partial charge in [0.15, 0.2) is 0 Å². The van der Waals surface area contributed by atoms with E-state index >= 15 is 0 Å². The van der Waals surface area contributed by atoms with E-state index < -0.39 is 17.1 Å². The van der Waals surface area contributed by atoms with E-state index in [4.69, 9.17) is 16.3 Å². The molecule has 2 atom stereocenters. The summed E-state index contributed by atoms with van der Waals surface area (Å²) in [6.45, 7) is 0. The van der Waals surface area contributed by atoms with Crippen LogP contribution in [0.4, 0.5) is 5.69 Å². The monoisotopic (exact) mass is 275 g/mol. The number of alkyl halides is 1. The summed E-state index contributed by atoms with van der Waals surface area (Å²) >= 11 is 5.46. The van der Waals surface area contributed by atoms with E-state index in [1.54, 1.807) is 0 Å². The number of methoxy groups -OCH3 is 1. The number of aliphatic hydroxyl groups is 2. The third-order valence-corrected chi connectivity index (χ3v) is 2.69. The Balaban J connectivity index is 3.07. The van der Waals surface area contributed by atoms with Crippen molar-refractivity contribution < 1.29 is 19.9 Å². The summed E-state index contributed by atoms with van der Waals surface area (Å²) in [5.74, 6) is 0.431. The molecule has 1 aromatic carbocycles. The van der Waals surface area contributed by atoms with Crippen LogP contribution in [0.2, 0.25) is 0 Å². The van der Waals surface area contributed by atoms with E-state index in [9.17, 15) is 20.3 Å². The maximum atomic E-state index is 10.7. The molecule has 0 bridgehead atoms. The molecule has 18 heavy (non-hydrogen) atoms. The number of halogens is 1. The Labute approximate surface area is 109 Å². The van der Waals surface area contributed by atoms with Gasteiger partial charge >= 0.3 is 0 Å². The first-order chi connectivity index (χ1) is 8.49. The van der Waals surface area contributed by atoms with E-state index in [0.29, 0.717) is 0 Å². The van der Waals surface area contributed by atoms with Crippen molar-refractivity contribution in [2.75, 3.05) is 13.0 Å². The quantitative estimate of drug-likeness (QED) is 0.467. The zero-order valence-electron chi connectivity index (χ0n) is 9.75. The Morgan fingerprint density at radius 1 is 1.44 bits per heavy atom. The van der Waals surface area contributed by atoms with Crippen LogP contribution in [0.5, 0.6) is 5.75 Å². The zero-order valence-corrected chi connectivity index (χ0v) is 10.5. The van der Waals surface area contributed by atoms with E-state index in [2.05, 4.69) is 0 Å². The van der Waals surface area contributed by atoms with E-state index in [1.165, 1.54) is 25.3 Å². The van der Waals surface area contributed by atoms with Gasteiger partial charge in [0, 0.05) is 11.9 Å². The van der Waals surface area contributed by atoms with Gasteiger partial charge in [0.25, 0.3) is 5.69 Å². The number of nitrogens with zero attached hydrogens (tertiary/aromatic N) is 1. The van der Waals surface area contributed by atoms with Gasteiger partial charge in [0.2, 0.25) is 0 Å². The second-order valence-corrected chi connectivity index (χ2v) is 4.09. The van der Waals surface area contributed by atoms with Crippen molar-refractivity contribution in [3.05, 3.63) is 33.9 Å². The lowest BCUT2D eigenvalue weighted by atomic mass is 10.0. The highest BCUT2D eigenvalue weighted by Gasteiger charge is 2.21. The molecule has 0 saturated heterocycles. The van der Waals surface area contributed by atoms with Crippen LogP contribution in [0, 0.1) is 10.1 Å². The first-order valence-electron chi connectivity index (χ1n) is 5.25. The molecular weight excluding hydrogens is 262 g/mol. The minimum atomic E-state index is -1.24. The summed E-state index contributed by atoms with van der Waals surface area (Å²) in [4.78, 5) is 10.1. The van der Waals surface area contributed by atoms with Crippen molar-refractivity contribution in [3.8, 4) is 5.75 Å². The Hall–Kier alpha value is -1.37. The van der Waals surface area contributed by atoms with Crippen LogP contribution >= 0.6 is 11.6 Å². The molecule has 0 heterocycles. The minimum Gasteiger partial charge on any atom is -0.496 e. The number of aliphatic hydroxyl groups excluding tert-OH is 2. The summed E-state index contributed by atoms with van der Waals surface area (Å²) in [6, 6.07) is 3.88. The number of benzene rings is 1. The Morgan fingerprint density at radius 2 is 2.11 bits per heavy atom. The van der Waals surface area contributed by atoms with Gasteiger partial charge in [-0.15, -0.1) is 11.6 Å². The lowest BCUT2D eigenvalue weighted by molar-refractivity contribution is -0.385. The number of nitro benzene ring substituents is 1. The largest absolute Gasteiger partial charge is 0.496 e. The molecule has 0 amide bonds. The van der Waals surface area contributed by atoms with Gasteiger partial charge in [-0.05, 0) is 18.1 Å². The second-order valence-electron chi connectivity index (χ2n) is 3.71. The number of nitro groups is 1. The van der Waals surface area contributed by atoms with Crippen LogP contribution in [-0.4, -0.2) is 34.2 Å². The molecule has 7 heteroatoms. The molecule has 2 N–H and O–H groups in total. The normalized spacial score (nSPS) is 14.0. The molecule has 0 aliphatic carbocycles. The van der Waals surface area contributed by atoms with Crippen molar-refractivity contribution in [2.24, 2.45) is 0 Å². The highest BCUT2D eigenvalue weighted by Crippen LogP contribution is 2.28. The van der Waals surface area contributed by atoms with Gasteiger partial charge in [-0.2, -0.15) is 0 Å². The standard InChI is InChI=1S/C11H14ClNO5/c1-18-9-5-7(4-8(6-9)13(16)17)11(15)10(14)2-3-12/h4-6,10-11,14-15H,2-3H2,1H3. The Kier molecular flexibility index (Phi) is 5.33. The third kappa shape index (κ3) is 3.56. The van der Waals surface area contributed by atoms with Gasteiger partial charge in [-0.3, -0.25) is 10.1 Å². The average molecular weight is 276 g/mol. The first-order valence-corrected chi connectivity index (χ1v) is 5.78. The first kappa shape index (κ1) is 14.7. The second kappa shape index (κ2) is 6.53. The molecule has 0 aromatic heterocycles. The summed E-state index contributed by atoms with van der Waals surface area (Å²) in [5.41, 5.74) is 0.0140. The molecule has 0 spiro atoms. The van der Waals surface area contributed by atoms with Crippen LogP contribution in [0.15, 0.2) is 18.2 Å². The maximum Gasteiger partial charge on any atom is 0.273 e. The predicted molar refractivity (Wildman–Crippen MR) is 66.0 cm³/mol. The fraction of sp³-hybridized carbons (Fsp3) is 0.455. The number of hydrogen-bond acceptors (Lipinski definition) is 5. The zero-order chi connectivity index (χ0) is 13.7. The van der Waals surface area contributed by atoms with Crippen LogP contribution in [0.1, 0.15) is 18.1 Å². The molecule has 6 nitrogen and oxygen atoms in total. The van der Waals surface area contributed by atoms with Gasteiger partial charge in [-0.25, -0.2) is 0 Å². The molecule has 2 unspecified atom stereocenters. The number of ether oxygens (including phenoxy) is 1. The van der Waals surface area contributed by atoms with Crippen LogP contribution in [0.25, 0.3) is 0 Å². The fourth-order valence-electron chi connectivity index (χ4n) is 1.49. The Morgan fingerprint density at radius 3 is 2.61 bits per heavy atom. The molecule has 0 saturated carbocycles. The van der Waals surface area contributed by atoms with Crippen molar-refractivity contribution >= 4 is 17.3 Å². The molecular formula is C11H14ClNO5. The molecule has 0 radical (unpaired) electrons.